The number of likely N-dealkylation sites (tertiary alicyclic amines) is 1. The van der Waals surface area contributed by atoms with E-state index in [1.165, 1.54) is 37.1 Å². The molecule has 0 N–H and O–H groups in total. The van der Waals surface area contributed by atoms with Gasteiger partial charge >= 0.3 is 0 Å². The lowest BCUT2D eigenvalue weighted by atomic mass is 9.99. The maximum absolute atomic E-state index is 13.3. The Morgan fingerprint density at radius 2 is 2.04 bits per heavy atom. The molecule has 140 valence electrons. The van der Waals surface area contributed by atoms with Crippen molar-refractivity contribution in [2.24, 2.45) is 5.92 Å². The summed E-state index contributed by atoms with van der Waals surface area (Å²) in [5.41, 5.74) is 0.0664. The minimum absolute atomic E-state index is 0.0571. The van der Waals surface area contributed by atoms with Crippen molar-refractivity contribution >= 4 is 11.6 Å². The molecule has 0 aliphatic carbocycles. The summed E-state index contributed by atoms with van der Waals surface area (Å²) in [6, 6.07) is 6.96. The van der Waals surface area contributed by atoms with Crippen molar-refractivity contribution < 1.29 is 9.13 Å². The second kappa shape index (κ2) is 8.64. The number of aromatic nitrogens is 2. The minimum atomic E-state index is -0.539. The lowest BCUT2D eigenvalue weighted by Gasteiger charge is -2.29. The molecule has 5 nitrogen and oxygen atoms in total. The van der Waals surface area contributed by atoms with Crippen LogP contribution in [0.2, 0.25) is 5.02 Å². The molecule has 1 saturated heterocycles. The number of hydrogen-bond acceptors (Lipinski definition) is 4. The van der Waals surface area contributed by atoms with Gasteiger partial charge in [-0.25, -0.2) is 4.39 Å². The van der Waals surface area contributed by atoms with Gasteiger partial charge in [-0.05, 0) is 56.5 Å². The highest BCUT2D eigenvalue weighted by Crippen LogP contribution is 2.18. The van der Waals surface area contributed by atoms with Crippen LogP contribution in [0.15, 0.2) is 35.1 Å². The third-order valence-electron chi connectivity index (χ3n) is 4.67. The van der Waals surface area contributed by atoms with Crippen LogP contribution in [-0.4, -0.2) is 40.9 Å². The molecular formula is C19H23ClFN3O2. The highest BCUT2D eigenvalue weighted by Gasteiger charge is 2.15. The van der Waals surface area contributed by atoms with E-state index in [9.17, 15) is 9.18 Å². The molecule has 0 radical (unpaired) electrons. The molecule has 1 aliphatic rings. The standard InChI is InChI=1S/C19H23ClFN3O2/c1-14-7-10-23(11-8-14)9-2-12-26-18-5-6-19(25)24(22-18)15-3-4-17(21)16(20)13-15/h3-6,13-14H,2,7-12H2,1H3. The molecule has 2 aromatic rings. The molecule has 7 heteroatoms. The third kappa shape index (κ3) is 4.83. The summed E-state index contributed by atoms with van der Waals surface area (Å²) in [4.78, 5) is 14.5. The second-order valence-electron chi connectivity index (χ2n) is 6.75. The van der Waals surface area contributed by atoms with Crippen LogP contribution in [0.5, 0.6) is 5.88 Å². The zero-order chi connectivity index (χ0) is 18.5. The van der Waals surface area contributed by atoms with Gasteiger partial charge < -0.3 is 9.64 Å². The van der Waals surface area contributed by atoms with E-state index < -0.39 is 5.82 Å². The van der Waals surface area contributed by atoms with Crippen molar-refractivity contribution in [1.82, 2.24) is 14.7 Å². The Morgan fingerprint density at radius 1 is 1.27 bits per heavy atom. The van der Waals surface area contributed by atoms with Gasteiger partial charge in [0.25, 0.3) is 5.56 Å². The van der Waals surface area contributed by atoms with Crippen LogP contribution in [0.1, 0.15) is 26.2 Å². The molecule has 1 aromatic carbocycles. The average Bonchev–Trinajstić information content (AvgIpc) is 2.64. The summed E-state index contributed by atoms with van der Waals surface area (Å²) in [5.74, 6) is 0.646. The molecule has 2 heterocycles. The minimum Gasteiger partial charge on any atom is -0.477 e. The first-order valence-corrected chi connectivity index (χ1v) is 9.31. The Morgan fingerprint density at radius 3 is 2.77 bits per heavy atom. The smallest absolute Gasteiger partial charge is 0.271 e. The Bertz CT molecular complexity index is 804. The van der Waals surface area contributed by atoms with Gasteiger partial charge in [0.05, 0.1) is 17.3 Å². The number of benzene rings is 1. The van der Waals surface area contributed by atoms with Crippen molar-refractivity contribution in [1.29, 1.82) is 0 Å². The van der Waals surface area contributed by atoms with Crippen molar-refractivity contribution in [2.75, 3.05) is 26.2 Å². The third-order valence-corrected chi connectivity index (χ3v) is 4.96. The van der Waals surface area contributed by atoms with Crippen molar-refractivity contribution in [3.05, 3.63) is 51.5 Å². The molecular weight excluding hydrogens is 357 g/mol. The van der Waals surface area contributed by atoms with E-state index in [0.717, 1.165) is 36.7 Å². The summed E-state index contributed by atoms with van der Waals surface area (Å²) in [7, 11) is 0. The number of halogens is 2. The highest BCUT2D eigenvalue weighted by molar-refractivity contribution is 6.30. The van der Waals surface area contributed by atoms with Crippen molar-refractivity contribution in [3.63, 3.8) is 0 Å². The molecule has 3 rings (SSSR count). The molecule has 0 unspecified atom stereocenters. The molecule has 1 aromatic heterocycles. The maximum atomic E-state index is 13.3. The van der Waals surface area contributed by atoms with Gasteiger partial charge in [0.15, 0.2) is 0 Å². The fourth-order valence-corrected chi connectivity index (χ4v) is 3.20. The second-order valence-corrected chi connectivity index (χ2v) is 7.15. The van der Waals surface area contributed by atoms with Gasteiger partial charge in [-0.3, -0.25) is 4.79 Å². The first-order chi connectivity index (χ1) is 12.5. The lowest BCUT2D eigenvalue weighted by Crippen LogP contribution is -2.34. The summed E-state index contributed by atoms with van der Waals surface area (Å²) in [5, 5.41) is 4.14. The van der Waals surface area contributed by atoms with Crippen LogP contribution in [0.3, 0.4) is 0 Å². The van der Waals surface area contributed by atoms with Crippen LogP contribution < -0.4 is 10.3 Å². The van der Waals surface area contributed by atoms with Crippen LogP contribution in [0.25, 0.3) is 5.69 Å². The summed E-state index contributed by atoms with van der Waals surface area (Å²) < 4.78 is 20.2. The van der Waals surface area contributed by atoms with E-state index >= 15 is 0 Å². The summed E-state index contributed by atoms with van der Waals surface area (Å²) in [6.07, 6.45) is 3.42. The van der Waals surface area contributed by atoms with Gasteiger partial charge in [0, 0.05) is 18.7 Å². The quantitative estimate of drug-likeness (QED) is 0.720. The Labute approximate surface area is 157 Å². The van der Waals surface area contributed by atoms with E-state index in [1.807, 2.05) is 0 Å². The SMILES string of the molecule is CC1CCN(CCCOc2ccc(=O)n(-c3ccc(F)c(Cl)c3)n2)CC1. The molecule has 26 heavy (non-hydrogen) atoms. The molecule has 0 spiro atoms. The average molecular weight is 380 g/mol. The van der Waals surface area contributed by atoms with E-state index in [0.29, 0.717) is 18.2 Å². The van der Waals surface area contributed by atoms with Gasteiger partial charge in [-0.15, -0.1) is 5.10 Å². The fourth-order valence-electron chi connectivity index (χ4n) is 3.02. The number of hydrogen-bond donors (Lipinski definition) is 0. The molecule has 1 fully saturated rings. The van der Waals surface area contributed by atoms with E-state index in [1.54, 1.807) is 6.07 Å². The van der Waals surface area contributed by atoms with Gasteiger partial charge in [0.2, 0.25) is 5.88 Å². The van der Waals surface area contributed by atoms with Crippen LogP contribution >= 0.6 is 11.6 Å². The van der Waals surface area contributed by atoms with E-state index in [-0.39, 0.29) is 10.6 Å². The van der Waals surface area contributed by atoms with E-state index in [4.69, 9.17) is 16.3 Å². The largest absolute Gasteiger partial charge is 0.477 e. The molecule has 0 atom stereocenters. The molecule has 0 amide bonds. The van der Waals surface area contributed by atoms with Crippen molar-refractivity contribution in [2.45, 2.75) is 26.2 Å². The van der Waals surface area contributed by atoms with Gasteiger partial charge in [0.1, 0.15) is 5.82 Å². The number of nitrogens with zero attached hydrogens (tertiary/aromatic N) is 3. The summed E-state index contributed by atoms with van der Waals surface area (Å²) >= 11 is 5.79. The number of piperidine rings is 1. The highest BCUT2D eigenvalue weighted by atomic mass is 35.5. The van der Waals surface area contributed by atoms with E-state index in [2.05, 4.69) is 16.9 Å². The van der Waals surface area contributed by atoms with Crippen LogP contribution in [0, 0.1) is 11.7 Å². The molecule has 0 saturated carbocycles. The van der Waals surface area contributed by atoms with Gasteiger partial charge in [-0.1, -0.05) is 18.5 Å². The predicted octanol–water partition coefficient (Wildman–Crippen LogP) is 3.53. The van der Waals surface area contributed by atoms with Crippen molar-refractivity contribution in [3.8, 4) is 11.6 Å². The monoisotopic (exact) mass is 379 g/mol. The predicted molar refractivity (Wildman–Crippen MR) is 99.8 cm³/mol. The Kier molecular flexibility index (Phi) is 6.27. The molecule has 1 aliphatic heterocycles. The lowest BCUT2D eigenvalue weighted by molar-refractivity contribution is 0.176. The fraction of sp³-hybridized carbons (Fsp3) is 0.474. The first-order valence-electron chi connectivity index (χ1n) is 8.94. The normalized spacial score (nSPS) is 16.0. The Hall–Kier alpha value is -1.92. The van der Waals surface area contributed by atoms with Gasteiger partial charge in [-0.2, -0.15) is 4.68 Å². The first kappa shape index (κ1) is 18.9. The van der Waals surface area contributed by atoms with Crippen LogP contribution in [0.4, 0.5) is 4.39 Å². The summed E-state index contributed by atoms with van der Waals surface area (Å²) in [6.45, 7) is 6.13. The maximum Gasteiger partial charge on any atom is 0.271 e. The number of ether oxygens (including phenoxy) is 1. The Balaban J connectivity index is 1.57. The topological polar surface area (TPSA) is 47.4 Å². The zero-order valence-corrected chi connectivity index (χ0v) is 15.6. The van der Waals surface area contributed by atoms with Crippen LogP contribution in [-0.2, 0) is 0 Å². The molecule has 0 bridgehead atoms. The zero-order valence-electron chi connectivity index (χ0n) is 14.8. The number of rotatable bonds is 6.